The standard InChI is InChI=1S/C11H17ClN2O/c1-5-15-11-8(3)10(13-6-14-11)7(2)9(4)12/h6-7,9H,5H2,1-4H3. The molecule has 84 valence electrons. The van der Waals surface area contributed by atoms with Crippen molar-refractivity contribution in [2.45, 2.75) is 39.0 Å². The molecular formula is C11H17ClN2O. The SMILES string of the molecule is CCOc1ncnc(C(C)C(C)Cl)c1C. The van der Waals surface area contributed by atoms with Crippen LogP contribution in [-0.4, -0.2) is 22.0 Å². The Bertz CT molecular complexity index is 328. The molecule has 1 aromatic heterocycles. The lowest BCUT2D eigenvalue weighted by Crippen LogP contribution is -2.11. The Hall–Kier alpha value is -0.830. The van der Waals surface area contributed by atoms with Gasteiger partial charge in [-0.3, -0.25) is 0 Å². The van der Waals surface area contributed by atoms with Gasteiger partial charge in [-0.2, -0.15) is 0 Å². The van der Waals surface area contributed by atoms with E-state index in [4.69, 9.17) is 16.3 Å². The highest BCUT2D eigenvalue weighted by atomic mass is 35.5. The first kappa shape index (κ1) is 12.2. The molecule has 3 nitrogen and oxygen atoms in total. The van der Waals surface area contributed by atoms with E-state index < -0.39 is 0 Å². The van der Waals surface area contributed by atoms with E-state index in [9.17, 15) is 0 Å². The predicted octanol–water partition coefficient (Wildman–Crippen LogP) is 2.91. The fourth-order valence-corrected chi connectivity index (χ4v) is 1.52. The third kappa shape index (κ3) is 2.81. The smallest absolute Gasteiger partial charge is 0.219 e. The van der Waals surface area contributed by atoms with Crippen molar-refractivity contribution < 1.29 is 4.74 Å². The molecule has 2 atom stereocenters. The zero-order valence-electron chi connectivity index (χ0n) is 9.62. The lowest BCUT2D eigenvalue weighted by Gasteiger charge is -2.16. The van der Waals surface area contributed by atoms with Crippen molar-refractivity contribution in [1.82, 2.24) is 9.97 Å². The van der Waals surface area contributed by atoms with Gasteiger partial charge in [0.05, 0.1) is 12.3 Å². The van der Waals surface area contributed by atoms with Crippen LogP contribution in [-0.2, 0) is 0 Å². The molecule has 0 saturated heterocycles. The highest BCUT2D eigenvalue weighted by Crippen LogP contribution is 2.27. The van der Waals surface area contributed by atoms with Gasteiger partial charge in [0.1, 0.15) is 6.33 Å². The maximum absolute atomic E-state index is 6.06. The van der Waals surface area contributed by atoms with Crippen molar-refractivity contribution in [2.75, 3.05) is 6.61 Å². The van der Waals surface area contributed by atoms with Crippen LogP contribution >= 0.6 is 11.6 Å². The predicted molar refractivity (Wildman–Crippen MR) is 61.7 cm³/mol. The molecule has 0 aliphatic heterocycles. The topological polar surface area (TPSA) is 35.0 Å². The van der Waals surface area contributed by atoms with E-state index in [1.54, 1.807) is 0 Å². The number of rotatable bonds is 4. The molecule has 0 spiro atoms. The van der Waals surface area contributed by atoms with Gasteiger partial charge >= 0.3 is 0 Å². The molecular weight excluding hydrogens is 212 g/mol. The zero-order chi connectivity index (χ0) is 11.4. The van der Waals surface area contributed by atoms with Crippen LogP contribution in [0, 0.1) is 6.92 Å². The average Bonchev–Trinajstić information content (AvgIpc) is 2.20. The number of alkyl halides is 1. The van der Waals surface area contributed by atoms with Gasteiger partial charge in [-0.25, -0.2) is 9.97 Å². The second-order valence-electron chi connectivity index (χ2n) is 3.59. The first-order valence-electron chi connectivity index (χ1n) is 5.16. The quantitative estimate of drug-likeness (QED) is 0.744. The Labute approximate surface area is 95.8 Å². The van der Waals surface area contributed by atoms with Gasteiger partial charge in [-0.1, -0.05) is 6.92 Å². The van der Waals surface area contributed by atoms with Crippen LogP contribution < -0.4 is 4.74 Å². The van der Waals surface area contributed by atoms with Crippen molar-refractivity contribution in [3.05, 3.63) is 17.6 Å². The number of hydrogen-bond donors (Lipinski definition) is 0. The van der Waals surface area contributed by atoms with Crippen molar-refractivity contribution in [3.63, 3.8) is 0 Å². The first-order valence-corrected chi connectivity index (χ1v) is 5.59. The lowest BCUT2D eigenvalue weighted by molar-refractivity contribution is 0.322. The summed E-state index contributed by atoms with van der Waals surface area (Å²) in [5.41, 5.74) is 1.95. The van der Waals surface area contributed by atoms with Gasteiger partial charge in [-0.05, 0) is 20.8 Å². The molecule has 0 saturated carbocycles. The maximum atomic E-state index is 6.06. The summed E-state index contributed by atoms with van der Waals surface area (Å²) in [5.74, 6) is 0.862. The van der Waals surface area contributed by atoms with Crippen LogP contribution in [0.15, 0.2) is 6.33 Å². The Kier molecular flexibility index (Phi) is 4.33. The highest BCUT2D eigenvalue weighted by Gasteiger charge is 2.18. The van der Waals surface area contributed by atoms with Gasteiger partial charge in [0.2, 0.25) is 5.88 Å². The van der Waals surface area contributed by atoms with Crippen LogP contribution in [0.2, 0.25) is 0 Å². The van der Waals surface area contributed by atoms with Crippen molar-refractivity contribution >= 4 is 11.6 Å². The fourth-order valence-electron chi connectivity index (χ4n) is 1.41. The second kappa shape index (κ2) is 5.31. The summed E-state index contributed by atoms with van der Waals surface area (Å²) in [7, 11) is 0. The second-order valence-corrected chi connectivity index (χ2v) is 4.28. The number of hydrogen-bond acceptors (Lipinski definition) is 3. The molecule has 0 radical (unpaired) electrons. The van der Waals surface area contributed by atoms with E-state index in [-0.39, 0.29) is 11.3 Å². The minimum absolute atomic E-state index is 0.0491. The zero-order valence-corrected chi connectivity index (χ0v) is 10.4. The van der Waals surface area contributed by atoms with E-state index >= 15 is 0 Å². The largest absolute Gasteiger partial charge is 0.478 e. The molecule has 1 rings (SSSR count). The molecule has 2 unspecified atom stereocenters. The van der Waals surface area contributed by atoms with E-state index in [1.165, 1.54) is 6.33 Å². The summed E-state index contributed by atoms with van der Waals surface area (Å²) < 4.78 is 5.41. The minimum atomic E-state index is 0.0491. The van der Waals surface area contributed by atoms with Gasteiger partial charge in [0.25, 0.3) is 0 Å². The Balaban J connectivity index is 3.03. The summed E-state index contributed by atoms with van der Waals surface area (Å²) in [5, 5.41) is 0.0491. The van der Waals surface area contributed by atoms with Crippen LogP contribution in [0.1, 0.15) is 37.9 Å². The summed E-state index contributed by atoms with van der Waals surface area (Å²) in [4.78, 5) is 8.36. The lowest BCUT2D eigenvalue weighted by atomic mass is 10.0. The summed E-state index contributed by atoms with van der Waals surface area (Å²) in [6, 6.07) is 0. The molecule has 0 N–H and O–H groups in total. The summed E-state index contributed by atoms with van der Waals surface area (Å²) in [6.45, 7) is 8.55. The Morgan fingerprint density at radius 3 is 2.60 bits per heavy atom. The number of halogens is 1. The van der Waals surface area contributed by atoms with Gasteiger partial charge in [0, 0.05) is 16.9 Å². The van der Waals surface area contributed by atoms with Crippen molar-refractivity contribution in [1.29, 1.82) is 0 Å². The Morgan fingerprint density at radius 2 is 2.07 bits per heavy atom. The van der Waals surface area contributed by atoms with Crippen LogP contribution in [0.4, 0.5) is 0 Å². The molecule has 0 aliphatic carbocycles. The van der Waals surface area contributed by atoms with E-state index in [1.807, 2.05) is 20.8 Å². The van der Waals surface area contributed by atoms with Crippen molar-refractivity contribution in [2.24, 2.45) is 0 Å². The normalized spacial score (nSPS) is 14.7. The monoisotopic (exact) mass is 228 g/mol. The highest BCUT2D eigenvalue weighted by molar-refractivity contribution is 6.20. The number of nitrogens with zero attached hydrogens (tertiary/aromatic N) is 2. The van der Waals surface area contributed by atoms with Crippen molar-refractivity contribution in [3.8, 4) is 5.88 Å². The van der Waals surface area contributed by atoms with Crippen LogP contribution in [0.5, 0.6) is 5.88 Å². The Morgan fingerprint density at radius 1 is 1.40 bits per heavy atom. The summed E-state index contributed by atoms with van der Waals surface area (Å²) in [6.07, 6.45) is 1.53. The fraction of sp³-hybridized carbons (Fsp3) is 0.636. The molecule has 0 aromatic carbocycles. The van der Waals surface area contributed by atoms with Gasteiger partial charge < -0.3 is 4.74 Å². The van der Waals surface area contributed by atoms with Crippen LogP contribution in [0.25, 0.3) is 0 Å². The third-order valence-electron chi connectivity index (χ3n) is 2.48. The maximum Gasteiger partial charge on any atom is 0.219 e. The molecule has 0 amide bonds. The van der Waals surface area contributed by atoms with Gasteiger partial charge in [0.15, 0.2) is 0 Å². The van der Waals surface area contributed by atoms with Gasteiger partial charge in [-0.15, -0.1) is 11.6 Å². The molecule has 0 aliphatic rings. The van der Waals surface area contributed by atoms with E-state index in [0.29, 0.717) is 12.5 Å². The molecule has 0 fully saturated rings. The molecule has 0 bridgehead atoms. The molecule has 15 heavy (non-hydrogen) atoms. The van der Waals surface area contributed by atoms with Crippen LogP contribution in [0.3, 0.4) is 0 Å². The minimum Gasteiger partial charge on any atom is -0.478 e. The molecule has 4 heteroatoms. The van der Waals surface area contributed by atoms with E-state index in [2.05, 4.69) is 16.9 Å². The first-order chi connectivity index (χ1) is 7.07. The van der Waals surface area contributed by atoms with E-state index in [0.717, 1.165) is 11.3 Å². The third-order valence-corrected chi connectivity index (χ3v) is 2.86. The molecule has 1 heterocycles. The summed E-state index contributed by atoms with van der Waals surface area (Å²) >= 11 is 6.06. The number of ether oxygens (including phenoxy) is 1. The molecule has 1 aromatic rings. The average molecular weight is 229 g/mol. The number of aromatic nitrogens is 2.